The first-order chi connectivity index (χ1) is 28.0. The second-order valence-electron chi connectivity index (χ2n) is 18.7. The van der Waals surface area contributed by atoms with Crippen molar-refractivity contribution in [3.8, 4) is 11.5 Å². The van der Waals surface area contributed by atoms with Crippen LogP contribution in [0, 0.1) is 11.3 Å². The molecule has 0 radical (unpaired) electrons. The van der Waals surface area contributed by atoms with Crippen LogP contribution in [0.5, 0.6) is 11.5 Å². The summed E-state index contributed by atoms with van der Waals surface area (Å²) in [5.41, 5.74) is -3.23. The first-order valence-electron chi connectivity index (χ1n) is 20.6. The van der Waals surface area contributed by atoms with E-state index in [-0.39, 0.29) is 56.6 Å². The summed E-state index contributed by atoms with van der Waals surface area (Å²) in [6.07, 6.45) is -0.192. The Hall–Kier alpha value is -4.61. The van der Waals surface area contributed by atoms with Crippen LogP contribution in [0.3, 0.4) is 0 Å². The Kier molecular flexibility index (Phi) is 11.1. The molecule has 1 spiro atoms. The van der Waals surface area contributed by atoms with Gasteiger partial charge in [-0.15, -0.1) is 0 Å². The summed E-state index contributed by atoms with van der Waals surface area (Å²) < 4.78 is 82.0. The molecule has 5 atom stereocenters. The predicted molar refractivity (Wildman–Crippen MR) is 214 cm³/mol. The van der Waals surface area contributed by atoms with Crippen LogP contribution in [0.4, 0.5) is 18.0 Å². The number of amides is 4. The van der Waals surface area contributed by atoms with Crippen molar-refractivity contribution >= 4 is 44.7 Å². The summed E-state index contributed by atoms with van der Waals surface area (Å²) in [6, 6.07) is 2.25. The van der Waals surface area contributed by atoms with Gasteiger partial charge in [0, 0.05) is 29.8 Å². The maximum Gasteiger partial charge on any atom is 0.407 e. The van der Waals surface area contributed by atoms with Crippen LogP contribution in [-0.2, 0) is 37.2 Å². The van der Waals surface area contributed by atoms with E-state index in [1.807, 2.05) is 26.8 Å². The van der Waals surface area contributed by atoms with Crippen molar-refractivity contribution in [1.29, 1.82) is 0 Å². The molecule has 18 heteroatoms. The van der Waals surface area contributed by atoms with Gasteiger partial charge in [0.05, 0.1) is 36.0 Å². The predicted octanol–water partition coefficient (Wildman–Crippen LogP) is 5.80. The van der Waals surface area contributed by atoms with Crippen LogP contribution in [0.2, 0.25) is 0 Å². The number of benzene rings is 1. The molecule has 2 aromatic rings. The maximum atomic E-state index is 15.1. The number of hydrogen-bond acceptors (Lipinski definition) is 9. The third-order valence-corrected chi connectivity index (χ3v) is 14.8. The summed E-state index contributed by atoms with van der Waals surface area (Å²) in [7, 11) is -2.63. The lowest BCUT2D eigenvalue weighted by Crippen LogP contribution is -2.59. The highest BCUT2D eigenvalue weighted by molar-refractivity contribution is 7.91. The molecule has 4 heterocycles. The van der Waals surface area contributed by atoms with Crippen LogP contribution >= 0.6 is 0 Å². The number of halogens is 3. The van der Waals surface area contributed by atoms with E-state index in [0.717, 1.165) is 4.90 Å². The quantitative estimate of drug-likeness (QED) is 0.288. The molecule has 14 nitrogen and oxygen atoms in total. The minimum absolute atomic E-state index is 0.0113. The molecule has 1 aromatic heterocycles. The highest BCUT2D eigenvalue weighted by Crippen LogP contribution is 2.49. The number of alkyl halides is 3. The van der Waals surface area contributed by atoms with Gasteiger partial charge in [-0.1, -0.05) is 45.8 Å². The number of carbonyl (C=O) groups is 4. The fourth-order valence-electron chi connectivity index (χ4n) is 8.97. The average Bonchev–Trinajstić information content (AvgIpc) is 4.05. The van der Waals surface area contributed by atoms with Gasteiger partial charge in [-0.2, -0.15) is 13.2 Å². The zero-order valence-electron chi connectivity index (χ0n) is 34.6. The lowest BCUT2D eigenvalue weighted by atomic mass is 9.86. The molecule has 0 unspecified atom stereocenters. The fraction of sp³-hybridized carbons (Fsp3) is 0.643. The number of sulfonamides is 1. The largest absolute Gasteiger partial charge is 0.497 e. The Morgan fingerprint density at radius 3 is 2.50 bits per heavy atom. The van der Waals surface area contributed by atoms with Crippen molar-refractivity contribution in [2.75, 3.05) is 20.2 Å². The number of aromatic nitrogens is 1. The first kappa shape index (κ1) is 43.5. The molecule has 2 saturated carbocycles. The summed E-state index contributed by atoms with van der Waals surface area (Å²) >= 11 is 0. The number of allylic oxidation sites excluding steroid dienone is 1. The van der Waals surface area contributed by atoms with Gasteiger partial charge < -0.3 is 24.8 Å². The Morgan fingerprint density at radius 1 is 1.12 bits per heavy atom. The van der Waals surface area contributed by atoms with Crippen molar-refractivity contribution in [3.05, 3.63) is 41.6 Å². The zero-order chi connectivity index (χ0) is 43.6. The number of nitrogens with zero attached hydrogens (tertiary/aromatic N) is 3. The van der Waals surface area contributed by atoms with Crippen molar-refractivity contribution < 1.29 is 55.3 Å². The normalized spacial score (nSPS) is 28.5. The lowest BCUT2D eigenvalue weighted by Gasteiger charge is -2.38. The summed E-state index contributed by atoms with van der Waals surface area (Å²) in [5, 5.41) is 13.9. The summed E-state index contributed by atoms with van der Waals surface area (Å²) in [4.78, 5) is 63.5. The van der Waals surface area contributed by atoms with E-state index in [2.05, 4.69) is 15.0 Å². The molecule has 5 aliphatic rings. The Bertz CT molecular complexity index is 2220. The van der Waals surface area contributed by atoms with Crippen molar-refractivity contribution in [2.24, 2.45) is 11.3 Å². The van der Waals surface area contributed by atoms with Crippen LogP contribution in [0.15, 0.2) is 30.4 Å². The Morgan fingerprint density at radius 2 is 1.85 bits per heavy atom. The van der Waals surface area contributed by atoms with Crippen LogP contribution in [0.1, 0.15) is 103 Å². The molecule has 3 aliphatic heterocycles. The number of pyridine rings is 1. The highest BCUT2D eigenvalue weighted by Gasteiger charge is 2.64. The van der Waals surface area contributed by atoms with Crippen LogP contribution < -0.4 is 19.5 Å². The molecule has 3 N–H and O–H groups in total. The van der Waals surface area contributed by atoms with Crippen LogP contribution in [-0.4, -0.2) is 106 Å². The molecule has 1 aromatic carbocycles. The van der Waals surface area contributed by atoms with Gasteiger partial charge in [0.2, 0.25) is 21.8 Å². The van der Waals surface area contributed by atoms with E-state index >= 15 is 4.79 Å². The molecule has 4 amide bonds. The zero-order valence-corrected chi connectivity index (χ0v) is 35.4. The lowest BCUT2D eigenvalue weighted by molar-refractivity contribution is -0.143. The van der Waals surface area contributed by atoms with Gasteiger partial charge in [0.25, 0.3) is 5.91 Å². The first-order valence-corrected chi connectivity index (χ1v) is 22.1. The molecule has 2 aliphatic carbocycles. The number of carbonyl (C=O) groups excluding carboxylic acids is 3. The third-order valence-electron chi connectivity index (χ3n) is 12.7. The number of nitrogens with one attached hydrogen (secondary N) is 2. The number of methoxy groups -OCH3 is 1. The van der Waals surface area contributed by atoms with Gasteiger partial charge in [-0.3, -0.25) is 24.0 Å². The highest BCUT2D eigenvalue weighted by atomic mass is 32.2. The minimum atomic E-state index is -4.66. The number of rotatable bonds is 7. The molecule has 3 fully saturated rings. The van der Waals surface area contributed by atoms with E-state index in [9.17, 15) is 41.1 Å². The molecule has 0 bridgehead atoms. The average molecular weight is 862 g/mol. The number of aryl methyl sites for hydroxylation is 1. The molecule has 7 rings (SSSR count). The second-order valence-corrected chi connectivity index (χ2v) is 20.9. The Labute approximate surface area is 347 Å². The van der Waals surface area contributed by atoms with Gasteiger partial charge in [0.1, 0.15) is 34.7 Å². The van der Waals surface area contributed by atoms with E-state index < -0.39 is 85.7 Å². The Balaban J connectivity index is 1.30. The SMILES string of the molecule is COc1ccc2nc(CC(F)(F)F)c3c(c2c1)CC[C@]1(C[C@H]2C(=O)N[C@]4(C(=O)NS(=O)(=O)C5(C)CC5)C[C@H]4/C=C\CCCCC[C@H](N(CC(C)(C)C)C(=O)O)C(=O)N2C1)O3. The molecule has 60 heavy (non-hydrogen) atoms. The van der Waals surface area contributed by atoms with Crippen molar-refractivity contribution in [2.45, 2.75) is 139 Å². The summed E-state index contributed by atoms with van der Waals surface area (Å²) in [6.45, 7) is 6.77. The van der Waals surface area contributed by atoms with Crippen LogP contribution in [0.25, 0.3) is 10.9 Å². The minimum Gasteiger partial charge on any atom is -0.497 e. The summed E-state index contributed by atoms with van der Waals surface area (Å²) in [5.74, 6) is -2.57. The molecule has 1 saturated heterocycles. The maximum absolute atomic E-state index is 15.1. The monoisotopic (exact) mass is 861 g/mol. The van der Waals surface area contributed by atoms with Gasteiger partial charge in [0.15, 0.2) is 0 Å². The number of carboxylic acid groups (broad SMARTS) is 1. The van der Waals surface area contributed by atoms with Crippen molar-refractivity contribution in [1.82, 2.24) is 24.8 Å². The molecular formula is C42H54F3N5O9S. The second kappa shape index (κ2) is 15.4. The van der Waals surface area contributed by atoms with Gasteiger partial charge >= 0.3 is 12.3 Å². The van der Waals surface area contributed by atoms with E-state index in [1.165, 1.54) is 18.9 Å². The smallest absolute Gasteiger partial charge is 0.407 e. The van der Waals surface area contributed by atoms with E-state index in [1.54, 1.807) is 24.3 Å². The van der Waals surface area contributed by atoms with E-state index in [4.69, 9.17) is 9.47 Å². The fourth-order valence-corrected chi connectivity index (χ4v) is 10.3. The third kappa shape index (κ3) is 8.62. The topological polar surface area (TPSA) is 185 Å². The van der Waals surface area contributed by atoms with Gasteiger partial charge in [-0.05, 0) is 81.9 Å². The van der Waals surface area contributed by atoms with Crippen molar-refractivity contribution in [3.63, 3.8) is 0 Å². The number of hydrogen-bond donors (Lipinski definition) is 3. The van der Waals surface area contributed by atoms with Gasteiger partial charge in [-0.25, -0.2) is 18.2 Å². The molecule has 328 valence electrons. The molecular weight excluding hydrogens is 808 g/mol. The number of fused-ring (bicyclic) bond motifs is 5. The van der Waals surface area contributed by atoms with E-state index in [0.29, 0.717) is 60.7 Å². The standard InChI is InChI=1S/C42H54F3N5O9S/c1-38(2,3)23-50(37(54)55)31-12-10-8-6-7-9-11-25-20-41(25,36(53)48-60(56,57)39(4)17-18-39)47-34(51)32-22-40(24-49(32)35(31)52)16-15-27-28-19-26(58-5)13-14-29(28)46-30(33(27)59-40)21-42(43,44)45/h9,11,13-14,19,25,31-32H,6-8,10,12,15-18,20-24H2,1-5H3,(H,47,51)(H,48,53)(H,54,55)/b11-9-/t25-,31+,32+,40-,41-/m1/s1. The number of ether oxygens (including phenoxy) is 2.